The normalized spacial score (nSPS) is 15.4. The number of rotatable bonds is 6. The number of unbranched alkanes of at least 4 members (excludes halogenated alkanes) is 1. The molecule has 0 spiro atoms. The highest BCUT2D eigenvalue weighted by Gasteiger charge is 2.09. The summed E-state index contributed by atoms with van der Waals surface area (Å²) in [5.74, 6) is 0. The van der Waals surface area contributed by atoms with Crippen LogP contribution in [0.4, 0.5) is 0 Å². The van der Waals surface area contributed by atoms with Crippen molar-refractivity contribution >= 4 is 11.3 Å². The molecule has 1 rings (SSSR count). The van der Waals surface area contributed by atoms with E-state index in [1.165, 1.54) is 24.1 Å². The molecular weight excluding hydrogens is 190 g/mol. The van der Waals surface area contributed by atoms with Crippen molar-refractivity contribution in [1.29, 1.82) is 0 Å². The first-order valence-corrected chi connectivity index (χ1v) is 6.41. The maximum absolute atomic E-state index is 3.63. The fourth-order valence-electron chi connectivity index (χ4n) is 1.64. The van der Waals surface area contributed by atoms with Crippen LogP contribution in [0.2, 0.25) is 0 Å². The van der Waals surface area contributed by atoms with E-state index in [1.807, 2.05) is 11.3 Å². The summed E-state index contributed by atoms with van der Waals surface area (Å²) in [6.45, 7) is 6.77. The van der Waals surface area contributed by atoms with Gasteiger partial charge in [-0.2, -0.15) is 0 Å². The van der Waals surface area contributed by atoms with Crippen LogP contribution in [-0.2, 0) is 0 Å². The first-order valence-electron chi connectivity index (χ1n) is 5.53. The third kappa shape index (κ3) is 3.81. The minimum absolute atomic E-state index is 0.502. The molecule has 1 unspecified atom stereocenters. The van der Waals surface area contributed by atoms with E-state index >= 15 is 0 Å². The standard InChI is InChI=1S/C12H21NS/c1-4-5-7-10(2)13-11(3)12-8-6-9-14-12/h6,8-11,13H,4-5,7H2,1-3H3/t10?,11-/m0/s1. The van der Waals surface area contributed by atoms with Crippen molar-refractivity contribution in [2.75, 3.05) is 0 Å². The van der Waals surface area contributed by atoms with E-state index in [0.717, 1.165) is 0 Å². The topological polar surface area (TPSA) is 12.0 Å². The largest absolute Gasteiger partial charge is 0.307 e. The second-order valence-corrected chi connectivity index (χ2v) is 4.93. The molecule has 1 nitrogen and oxygen atoms in total. The van der Waals surface area contributed by atoms with Crippen LogP contribution < -0.4 is 5.32 Å². The summed E-state index contributed by atoms with van der Waals surface area (Å²) in [7, 11) is 0. The van der Waals surface area contributed by atoms with Crippen molar-refractivity contribution in [3.8, 4) is 0 Å². The number of hydrogen-bond donors (Lipinski definition) is 1. The molecule has 1 N–H and O–H groups in total. The molecule has 1 aromatic heterocycles. The van der Waals surface area contributed by atoms with Crippen LogP contribution in [0.5, 0.6) is 0 Å². The van der Waals surface area contributed by atoms with E-state index in [4.69, 9.17) is 0 Å². The lowest BCUT2D eigenvalue weighted by molar-refractivity contribution is 0.448. The molecule has 0 saturated carbocycles. The predicted molar refractivity (Wildman–Crippen MR) is 64.9 cm³/mol. The van der Waals surface area contributed by atoms with Crippen LogP contribution in [0, 0.1) is 0 Å². The maximum Gasteiger partial charge on any atom is 0.0388 e. The van der Waals surface area contributed by atoms with Gasteiger partial charge in [-0.15, -0.1) is 11.3 Å². The van der Waals surface area contributed by atoms with Crippen LogP contribution >= 0.6 is 11.3 Å². The molecule has 0 radical (unpaired) electrons. The van der Waals surface area contributed by atoms with E-state index in [0.29, 0.717) is 12.1 Å². The second kappa shape index (κ2) is 6.20. The lowest BCUT2D eigenvalue weighted by atomic mass is 10.1. The molecule has 2 heteroatoms. The van der Waals surface area contributed by atoms with E-state index in [2.05, 4.69) is 43.6 Å². The molecular formula is C12H21NS. The third-order valence-electron chi connectivity index (χ3n) is 2.50. The molecule has 14 heavy (non-hydrogen) atoms. The average molecular weight is 211 g/mol. The van der Waals surface area contributed by atoms with Crippen LogP contribution in [0.1, 0.15) is 51.0 Å². The van der Waals surface area contributed by atoms with Crippen molar-refractivity contribution in [2.45, 2.75) is 52.1 Å². The summed E-state index contributed by atoms with van der Waals surface area (Å²) >= 11 is 1.83. The van der Waals surface area contributed by atoms with Gasteiger partial charge in [0.2, 0.25) is 0 Å². The van der Waals surface area contributed by atoms with Crippen LogP contribution in [-0.4, -0.2) is 6.04 Å². The molecule has 0 bridgehead atoms. The number of hydrogen-bond acceptors (Lipinski definition) is 2. The van der Waals surface area contributed by atoms with Gasteiger partial charge in [-0.25, -0.2) is 0 Å². The van der Waals surface area contributed by atoms with Gasteiger partial charge >= 0.3 is 0 Å². The molecule has 0 amide bonds. The molecule has 0 aliphatic rings. The predicted octanol–water partition coefficient (Wildman–Crippen LogP) is 3.98. The molecule has 1 aromatic rings. The van der Waals surface area contributed by atoms with Crippen molar-refractivity contribution in [2.24, 2.45) is 0 Å². The zero-order valence-corrected chi connectivity index (χ0v) is 10.2. The van der Waals surface area contributed by atoms with Gasteiger partial charge in [-0.05, 0) is 31.7 Å². The minimum atomic E-state index is 0.502. The van der Waals surface area contributed by atoms with Gasteiger partial charge < -0.3 is 5.32 Å². The van der Waals surface area contributed by atoms with Gasteiger partial charge in [0.1, 0.15) is 0 Å². The van der Waals surface area contributed by atoms with Crippen molar-refractivity contribution in [1.82, 2.24) is 5.32 Å². The van der Waals surface area contributed by atoms with Gasteiger partial charge in [0.05, 0.1) is 0 Å². The summed E-state index contributed by atoms with van der Waals surface area (Å²) in [5.41, 5.74) is 0. The van der Waals surface area contributed by atoms with Gasteiger partial charge in [0, 0.05) is 17.0 Å². The van der Waals surface area contributed by atoms with Crippen molar-refractivity contribution in [3.05, 3.63) is 22.4 Å². The van der Waals surface area contributed by atoms with Crippen LogP contribution in [0.15, 0.2) is 17.5 Å². The van der Waals surface area contributed by atoms with Gasteiger partial charge in [0.15, 0.2) is 0 Å². The second-order valence-electron chi connectivity index (χ2n) is 3.95. The highest BCUT2D eigenvalue weighted by Crippen LogP contribution is 2.19. The quantitative estimate of drug-likeness (QED) is 0.750. The summed E-state index contributed by atoms with van der Waals surface area (Å²) < 4.78 is 0. The Morgan fingerprint density at radius 3 is 2.79 bits per heavy atom. The maximum atomic E-state index is 3.63. The van der Waals surface area contributed by atoms with Gasteiger partial charge in [0.25, 0.3) is 0 Å². The zero-order chi connectivity index (χ0) is 10.4. The van der Waals surface area contributed by atoms with Gasteiger partial charge in [-0.1, -0.05) is 25.8 Å². The monoisotopic (exact) mass is 211 g/mol. The van der Waals surface area contributed by atoms with Crippen LogP contribution in [0.25, 0.3) is 0 Å². The Bertz CT molecular complexity index is 230. The van der Waals surface area contributed by atoms with Crippen LogP contribution in [0.3, 0.4) is 0 Å². The van der Waals surface area contributed by atoms with Crippen molar-refractivity contribution < 1.29 is 0 Å². The number of nitrogens with one attached hydrogen (secondary N) is 1. The Balaban J connectivity index is 2.29. The number of thiophene rings is 1. The molecule has 0 saturated heterocycles. The molecule has 0 aliphatic heterocycles. The Kier molecular flexibility index (Phi) is 5.20. The first kappa shape index (κ1) is 11.7. The van der Waals surface area contributed by atoms with E-state index in [1.54, 1.807) is 0 Å². The summed E-state index contributed by atoms with van der Waals surface area (Å²) in [5, 5.41) is 5.77. The Hall–Kier alpha value is -0.340. The molecule has 0 aromatic carbocycles. The molecule has 0 aliphatic carbocycles. The lowest BCUT2D eigenvalue weighted by Gasteiger charge is -2.18. The van der Waals surface area contributed by atoms with Crippen molar-refractivity contribution in [3.63, 3.8) is 0 Å². The fourth-order valence-corrected chi connectivity index (χ4v) is 2.38. The summed E-state index contributed by atoms with van der Waals surface area (Å²) in [6, 6.07) is 5.46. The molecule has 2 atom stereocenters. The fraction of sp³-hybridized carbons (Fsp3) is 0.667. The van der Waals surface area contributed by atoms with E-state index in [-0.39, 0.29) is 0 Å². The van der Waals surface area contributed by atoms with E-state index < -0.39 is 0 Å². The summed E-state index contributed by atoms with van der Waals surface area (Å²) in [6.07, 6.45) is 3.90. The molecule has 1 heterocycles. The van der Waals surface area contributed by atoms with Gasteiger partial charge in [-0.3, -0.25) is 0 Å². The SMILES string of the molecule is CCCCC(C)N[C@@H](C)c1cccs1. The average Bonchev–Trinajstić information content (AvgIpc) is 2.67. The third-order valence-corrected chi connectivity index (χ3v) is 3.55. The highest BCUT2D eigenvalue weighted by molar-refractivity contribution is 7.10. The smallest absolute Gasteiger partial charge is 0.0388 e. The lowest BCUT2D eigenvalue weighted by Crippen LogP contribution is -2.28. The zero-order valence-electron chi connectivity index (χ0n) is 9.42. The minimum Gasteiger partial charge on any atom is -0.307 e. The Morgan fingerprint density at radius 2 is 2.21 bits per heavy atom. The Morgan fingerprint density at radius 1 is 1.43 bits per heavy atom. The summed E-state index contributed by atoms with van der Waals surface area (Å²) in [4.78, 5) is 1.44. The first-order chi connectivity index (χ1) is 6.74. The highest BCUT2D eigenvalue weighted by atomic mass is 32.1. The Labute approximate surface area is 91.5 Å². The van der Waals surface area contributed by atoms with E-state index in [9.17, 15) is 0 Å². The molecule has 80 valence electrons. The molecule has 0 fully saturated rings.